The van der Waals surface area contributed by atoms with Crippen molar-refractivity contribution in [2.75, 3.05) is 10.6 Å². The van der Waals surface area contributed by atoms with E-state index in [1.54, 1.807) is 23.0 Å². The molecular weight excluding hydrogens is 409 g/mol. The summed E-state index contributed by atoms with van der Waals surface area (Å²) in [5.74, 6) is -0.148. The van der Waals surface area contributed by atoms with Crippen molar-refractivity contribution in [2.24, 2.45) is 0 Å². The first-order chi connectivity index (χ1) is 14.7. The smallest absolute Gasteiger partial charge is 0.212 e. The van der Waals surface area contributed by atoms with E-state index in [1.807, 2.05) is 0 Å². The maximum Gasteiger partial charge on any atom is 0.212 e. The van der Waals surface area contributed by atoms with Gasteiger partial charge in [-0.1, -0.05) is 30.9 Å². The fourth-order valence-corrected chi connectivity index (χ4v) is 3.38. The molecule has 0 radical (unpaired) electrons. The topological polar surface area (TPSA) is 100 Å². The van der Waals surface area contributed by atoms with Crippen LogP contribution in [0.4, 0.5) is 15.9 Å². The van der Waals surface area contributed by atoms with Gasteiger partial charge in [0.1, 0.15) is 0 Å². The lowest BCUT2D eigenvalue weighted by atomic mass is 10.1. The van der Waals surface area contributed by atoms with Crippen LogP contribution in [-0.2, 0) is 4.79 Å². The van der Waals surface area contributed by atoms with Gasteiger partial charge in [-0.25, -0.2) is 9.37 Å². The molecule has 1 aromatic carbocycles. The third-order valence-corrected chi connectivity index (χ3v) is 5.23. The first-order valence-electron chi connectivity index (χ1n) is 9.81. The van der Waals surface area contributed by atoms with E-state index in [9.17, 15) is 4.79 Å². The molecular formula is C20H19ClFN7O. The molecule has 0 saturated heterocycles. The van der Waals surface area contributed by atoms with Gasteiger partial charge >= 0.3 is 0 Å². The Balaban J connectivity index is 0.000000592. The standard InChI is InChI=1S/C17H13ClFN7O.C3H6/c18-14-13(10-5-26-6-11(21-7-27)24-12(26)4-20-10)9-3-22-25-16(9)17(15(14)19)23-8-1-2-8;1-2-3-1/h3-8,23H,1-2H2,(H,21,27)(H,22,25);1-3H2. The number of imidazole rings is 1. The van der Waals surface area contributed by atoms with E-state index in [4.69, 9.17) is 11.6 Å². The summed E-state index contributed by atoms with van der Waals surface area (Å²) in [6.45, 7) is 0. The van der Waals surface area contributed by atoms with Crippen LogP contribution in [0.2, 0.25) is 5.02 Å². The number of aromatic nitrogens is 5. The molecule has 2 fully saturated rings. The number of nitrogens with zero attached hydrogens (tertiary/aromatic N) is 4. The first kappa shape index (κ1) is 18.8. The van der Waals surface area contributed by atoms with Crippen molar-refractivity contribution in [3.63, 3.8) is 0 Å². The molecule has 10 heteroatoms. The highest BCUT2D eigenvalue weighted by Crippen LogP contribution is 2.42. The summed E-state index contributed by atoms with van der Waals surface area (Å²) in [5.41, 5.74) is 2.33. The van der Waals surface area contributed by atoms with Gasteiger partial charge in [0.15, 0.2) is 17.3 Å². The molecule has 2 aliphatic rings. The van der Waals surface area contributed by atoms with Crippen LogP contribution in [0, 0.1) is 5.82 Å². The summed E-state index contributed by atoms with van der Waals surface area (Å²) in [7, 11) is 0. The number of rotatable bonds is 5. The number of anilines is 2. The third kappa shape index (κ3) is 3.56. The quantitative estimate of drug-likeness (QED) is 0.410. The molecule has 3 N–H and O–H groups in total. The number of carbonyl (C=O) groups is 1. The highest BCUT2D eigenvalue weighted by molar-refractivity contribution is 6.35. The molecule has 154 valence electrons. The molecule has 0 unspecified atom stereocenters. The van der Waals surface area contributed by atoms with Crippen LogP contribution >= 0.6 is 11.6 Å². The number of fused-ring (bicyclic) bond motifs is 2. The predicted molar refractivity (Wildman–Crippen MR) is 113 cm³/mol. The second kappa shape index (κ2) is 7.56. The summed E-state index contributed by atoms with van der Waals surface area (Å²) in [4.78, 5) is 19.2. The zero-order valence-electron chi connectivity index (χ0n) is 16.0. The zero-order chi connectivity index (χ0) is 20.7. The van der Waals surface area contributed by atoms with Crippen LogP contribution in [0.25, 0.3) is 27.8 Å². The molecule has 3 heterocycles. The van der Waals surface area contributed by atoms with Crippen molar-refractivity contribution in [3.8, 4) is 11.3 Å². The van der Waals surface area contributed by atoms with Gasteiger partial charge in [0.25, 0.3) is 0 Å². The Bertz CT molecular complexity index is 1240. The number of halogens is 2. The van der Waals surface area contributed by atoms with Crippen molar-refractivity contribution in [1.82, 2.24) is 24.6 Å². The molecule has 2 aliphatic carbocycles. The SMILES string of the molecule is C1CC1.O=CNc1cn2cc(-c3c(Cl)c(F)c(NC4CC4)c4[nH]ncc34)ncc2n1. The van der Waals surface area contributed by atoms with Crippen molar-refractivity contribution < 1.29 is 9.18 Å². The fourth-order valence-electron chi connectivity index (χ4n) is 3.09. The number of amides is 1. The van der Waals surface area contributed by atoms with Crippen LogP contribution < -0.4 is 10.6 Å². The molecule has 8 nitrogen and oxygen atoms in total. The Kier molecular flexibility index (Phi) is 4.74. The van der Waals surface area contributed by atoms with Gasteiger partial charge in [0, 0.05) is 23.2 Å². The third-order valence-electron chi connectivity index (χ3n) is 4.87. The van der Waals surface area contributed by atoms with Crippen LogP contribution in [0.5, 0.6) is 0 Å². The largest absolute Gasteiger partial charge is 0.378 e. The Hall–Kier alpha value is -3.20. The minimum atomic E-state index is -0.536. The zero-order valence-corrected chi connectivity index (χ0v) is 16.7. The number of benzene rings is 1. The number of nitrogens with one attached hydrogen (secondary N) is 3. The van der Waals surface area contributed by atoms with Crippen LogP contribution in [0.3, 0.4) is 0 Å². The lowest BCUT2D eigenvalue weighted by molar-refractivity contribution is -0.105. The van der Waals surface area contributed by atoms with Gasteiger partial charge < -0.3 is 15.0 Å². The normalized spacial score (nSPS) is 15.0. The van der Waals surface area contributed by atoms with Crippen LogP contribution in [0.1, 0.15) is 32.1 Å². The van der Waals surface area contributed by atoms with E-state index in [-0.39, 0.29) is 11.1 Å². The second-order valence-corrected chi connectivity index (χ2v) is 7.82. The van der Waals surface area contributed by atoms with Crippen LogP contribution in [0.15, 0.2) is 24.8 Å². The molecule has 0 spiro atoms. The average Bonchev–Trinajstić information content (AvgIpc) is 3.68. The Morgan fingerprint density at radius 1 is 1.23 bits per heavy atom. The van der Waals surface area contributed by atoms with E-state index in [0.717, 1.165) is 12.8 Å². The number of carbonyl (C=O) groups excluding carboxylic acids is 1. The molecule has 0 aliphatic heterocycles. The summed E-state index contributed by atoms with van der Waals surface area (Å²) in [5, 5.41) is 13.2. The number of H-pyrrole nitrogens is 1. The van der Waals surface area contributed by atoms with Gasteiger partial charge in [0.05, 0.1) is 40.5 Å². The van der Waals surface area contributed by atoms with Gasteiger partial charge in [-0.2, -0.15) is 5.10 Å². The highest BCUT2D eigenvalue weighted by Gasteiger charge is 2.27. The van der Waals surface area contributed by atoms with Crippen molar-refractivity contribution >= 4 is 46.1 Å². The minimum Gasteiger partial charge on any atom is -0.378 e. The Labute approximate surface area is 175 Å². The molecule has 1 amide bonds. The average molecular weight is 428 g/mol. The van der Waals surface area contributed by atoms with E-state index >= 15 is 4.39 Å². The van der Waals surface area contributed by atoms with Gasteiger partial charge in [-0.15, -0.1) is 0 Å². The first-order valence-corrected chi connectivity index (χ1v) is 10.2. The summed E-state index contributed by atoms with van der Waals surface area (Å²) < 4.78 is 16.7. The van der Waals surface area contributed by atoms with Crippen LogP contribution in [-0.4, -0.2) is 37.0 Å². The monoisotopic (exact) mass is 427 g/mol. The van der Waals surface area contributed by atoms with Crippen molar-refractivity contribution in [3.05, 3.63) is 35.6 Å². The lowest BCUT2D eigenvalue weighted by Crippen LogP contribution is -2.05. The van der Waals surface area contributed by atoms with E-state index in [0.29, 0.717) is 45.7 Å². The molecule has 0 atom stereocenters. The van der Waals surface area contributed by atoms with Gasteiger partial charge in [-0.05, 0) is 12.8 Å². The Morgan fingerprint density at radius 3 is 2.73 bits per heavy atom. The van der Waals surface area contributed by atoms with Gasteiger partial charge in [-0.3, -0.25) is 14.9 Å². The highest BCUT2D eigenvalue weighted by atomic mass is 35.5. The summed E-state index contributed by atoms with van der Waals surface area (Å²) in [6.07, 6.45) is 13.5. The summed E-state index contributed by atoms with van der Waals surface area (Å²) >= 11 is 6.40. The van der Waals surface area contributed by atoms with Gasteiger partial charge in [0.2, 0.25) is 6.41 Å². The van der Waals surface area contributed by atoms with Crippen molar-refractivity contribution in [1.29, 1.82) is 0 Å². The molecule has 3 aromatic heterocycles. The van der Waals surface area contributed by atoms with E-state index in [1.165, 1.54) is 25.5 Å². The predicted octanol–water partition coefficient (Wildman–Crippen LogP) is 4.38. The number of hydrogen-bond acceptors (Lipinski definition) is 5. The maximum atomic E-state index is 15.0. The number of aromatic amines is 1. The maximum absolute atomic E-state index is 15.0. The van der Waals surface area contributed by atoms with E-state index < -0.39 is 5.82 Å². The molecule has 6 rings (SSSR count). The second-order valence-electron chi connectivity index (χ2n) is 7.44. The molecule has 0 bridgehead atoms. The summed E-state index contributed by atoms with van der Waals surface area (Å²) in [6, 6.07) is 0.261. The molecule has 30 heavy (non-hydrogen) atoms. The van der Waals surface area contributed by atoms with Crippen molar-refractivity contribution in [2.45, 2.75) is 38.1 Å². The lowest BCUT2D eigenvalue weighted by Gasteiger charge is -2.13. The van der Waals surface area contributed by atoms with E-state index in [2.05, 4.69) is 30.8 Å². The Morgan fingerprint density at radius 2 is 2.03 bits per heavy atom. The number of hydrogen-bond donors (Lipinski definition) is 3. The molecule has 4 aromatic rings. The molecule has 2 saturated carbocycles. The minimum absolute atomic E-state index is 0.0229. The fraction of sp³-hybridized carbons (Fsp3) is 0.300.